The third-order valence-electron chi connectivity index (χ3n) is 3.97. The lowest BCUT2D eigenvalue weighted by molar-refractivity contribution is -0.129. The number of hydrogen-bond donors (Lipinski definition) is 2. The Labute approximate surface area is 182 Å². The number of aliphatic hydroxyl groups excluding tert-OH is 1. The Morgan fingerprint density at radius 3 is 2.50 bits per heavy atom. The molecule has 0 aliphatic carbocycles. The molecule has 0 heterocycles. The maximum absolute atomic E-state index is 12.3. The molecule has 0 fully saturated rings. The highest BCUT2D eigenvalue weighted by molar-refractivity contribution is 6.36. The number of carbonyl (C=O) groups is 2. The second-order valence-electron chi connectivity index (χ2n) is 6.13. The largest absolute Gasteiger partial charge is 0.423 e. The second kappa shape index (κ2) is 10.0. The van der Waals surface area contributed by atoms with Crippen LogP contribution in [0.3, 0.4) is 0 Å². The van der Waals surface area contributed by atoms with Gasteiger partial charge in [-0.05, 0) is 41.5 Å². The van der Waals surface area contributed by atoms with Crippen molar-refractivity contribution in [3.05, 3.63) is 99.5 Å². The lowest BCUT2D eigenvalue weighted by Gasteiger charge is -2.08. The smallest absolute Gasteiger partial charge is 0.345 e. The van der Waals surface area contributed by atoms with E-state index in [-0.39, 0.29) is 16.3 Å². The highest BCUT2D eigenvalue weighted by Crippen LogP contribution is 2.23. The van der Waals surface area contributed by atoms with Crippen LogP contribution in [-0.4, -0.2) is 23.2 Å². The molecule has 1 amide bonds. The van der Waals surface area contributed by atoms with Gasteiger partial charge in [-0.1, -0.05) is 65.7 Å². The molecule has 30 heavy (non-hydrogen) atoms. The fourth-order valence-corrected chi connectivity index (χ4v) is 2.98. The zero-order valence-electron chi connectivity index (χ0n) is 15.5. The van der Waals surface area contributed by atoms with Crippen LogP contribution < -0.4 is 10.2 Å². The van der Waals surface area contributed by atoms with Gasteiger partial charge >= 0.3 is 5.97 Å². The molecule has 152 valence electrons. The van der Waals surface area contributed by atoms with E-state index in [1.165, 1.54) is 18.3 Å². The number of hydrazone groups is 1. The van der Waals surface area contributed by atoms with Crippen molar-refractivity contribution in [2.75, 3.05) is 0 Å². The van der Waals surface area contributed by atoms with Crippen LogP contribution in [0.25, 0.3) is 0 Å². The zero-order chi connectivity index (χ0) is 21.5. The molecular weight excluding hydrogens is 427 g/mol. The van der Waals surface area contributed by atoms with Crippen LogP contribution >= 0.6 is 23.2 Å². The molecule has 0 aliphatic rings. The third-order valence-corrected chi connectivity index (χ3v) is 4.52. The van der Waals surface area contributed by atoms with Crippen molar-refractivity contribution in [1.82, 2.24) is 5.43 Å². The Morgan fingerprint density at radius 2 is 1.77 bits per heavy atom. The first kappa shape index (κ1) is 21.5. The maximum Gasteiger partial charge on any atom is 0.345 e. The van der Waals surface area contributed by atoms with Crippen LogP contribution in [0.5, 0.6) is 5.75 Å². The van der Waals surface area contributed by atoms with E-state index in [0.717, 1.165) is 0 Å². The highest BCUT2D eigenvalue weighted by Gasteiger charge is 2.16. The second-order valence-corrected chi connectivity index (χ2v) is 6.98. The van der Waals surface area contributed by atoms with Gasteiger partial charge in [-0.15, -0.1) is 0 Å². The Morgan fingerprint density at radius 1 is 1.00 bits per heavy atom. The zero-order valence-corrected chi connectivity index (χ0v) is 17.0. The van der Waals surface area contributed by atoms with Gasteiger partial charge in [0, 0.05) is 5.02 Å². The minimum Gasteiger partial charge on any atom is -0.423 e. The summed E-state index contributed by atoms with van der Waals surface area (Å²) in [7, 11) is 0. The van der Waals surface area contributed by atoms with Gasteiger partial charge in [-0.25, -0.2) is 10.2 Å². The molecule has 0 radical (unpaired) electrons. The standard InChI is InChI=1S/C22H16Cl2N2O4/c23-16-9-10-18(19(24)12-16)22(29)30-17-8-4-5-14(11-17)13-25-26-21(28)20(27)15-6-2-1-3-7-15/h1-13,20,27H,(H,26,28)/b25-13-/t20-/m1/s1. The van der Waals surface area contributed by atoms with E-state index in [9.17, 15) is 14.7 Å². The van der Waals surface area contributed by atoms with Crippen molar-refractivity contribution in [2.45, 2.75) is 6.10 Å². The van der Waals surface area contributed by atoms with Crippen molar-refractivity contribution in [1.29, 1.82) is 0 Å². The number of amides is 1. The molecule has 3 rings (SSSR count). The monoisotopic (exact) mass is 442 g/mol. The molecule has 1 atom stereocenters. The van der Waals surface area contributed by atoms with Gasteiger partial charge in [0.1, 0.15) is 5.75 Å². The molecule has 6 nitrogen and oxygen atoms in total. The topological polar surface area (TPSA) is 88.0 Å². The number of nitrogens with one attached hydrogen (secondary N) is 1. The number of esters is 1. The van der Waals surface area contributed by atoms with E-state index < -0.39 is 18.0 Å². The number of ether oxygens (including phenoxy) is 1. The Balaban J connectivity index is 1.62. The molecule has 2 N–H and O–H groups in total. The quantitative estimate of drug-likeness (QED) is 0.256. The summed E-state index contributed by atoms with van der Waals surface area (Å²) in [6.45, 7) is 0. The van der Waals surface area contributed by atoms with Gasteiger partial charge in [0.25, 0.3) is 5.91 Å². The van der Waals surface area contributed by atoms with Crippen LogP contribution in [0.4, 0.5) is 0 Å². The predicted octanol–water partition coefficient (Wildman–Crippen LogP) is 4.40. The van der Waals surface area contributed by atoms with E-state index in [4.69, 9.17) is 27.9 Å². The van der Waals surface area contributed by atoms with Gasteiger partial charge in [0.05, 0.1) is 16.8 Å². The normalized spacial score (nSPS) is 11.8. The molecule has 3 aromatic carbocycles. The molecule has 0 unspecified atom stereocenters. The number of nitrogens with zero attached hydrogens (tertiary/aromatic N) is 1. The average molecular weight is 443 g/mol. The summed E-state index contributed by atoms with van der Waals surface area (Å²) in [6.07, 6.45) is 0.0298. The first-order chi connectivity index (χ1) is 14.4. The SMILES string of the molecule is O=C(Oc1cccc(/C=N\NC(=O)[C@H](O)c2ccccc2)c1)c1ccc(Cl)cc1Cl. The van der Waals surface area contributed by atoms with Gasteiger partial charge in [-0.2, -0.15) is 5.10 Å². The lowest BCUT2D eigenvalue weighted by atomic mass is 10.1. The predicted molar refractivity (Wildman–Crippen MR) is 115 cm³/mol. The number of halogens is 2. The molecule has 0 spiro atoms. The molecule has 8 heteroatoms. The fraction of sp³-hybridized carbons (Fsp3) is 0.0455. The van der Waals surface area contributed by atoms with Gasteiger partial charge < -0.3 is 9.84 Å². The minimum atomic E-state index is -1.33. The first-order valence-electron chi connectivity index (χ1n) is 8.77. The summed E-state index contributed by atoms with van der Waals surface area (Å²) in [5.41, 5.74) is 3.48. The fourth-order valence-electron chi connectivity index (χ4n) is 2.49. The Hall–Kier alpha value is -3.19. The van der Waals surface area contributed by atoms with E-state index in [1.54, 1.807) is 60.7 Å². The lowest BCUT2D eigenvalue weighted by Crippen LogP contribution is -2.25. The maximum atomic E-state index is 12.3. The molecular formula is C22H16Cl2N2O4. The van der Waals surface area contributed by atoms with Crippen LogP contribution in [0.2, 0.25) is 10.0 Å². The van der Waals surface area contributed by atoms with Crippen molar-refractivity contribution >= 4 is 41.3 Å². The van der Waals surface area contributed by atoms with Crippen LogP contribution in [0, 0.1) is 0 Å². The summed E-state index contributed by atoms with van der Waals surface area (Å²) >= 11 is 11.9. The van der Waals surface area contributed by atoms with Crippen LogP contribution in [0.1, 0.15) is 27.6 Å². The van der Waals surface area contributed by atoms with E-state index in [0.29, 0.717) is 16.1 Å². The van der Waals surface area contributed by atoms with Gasteiger partial charge in [0.15, 0.2) is 6.10 Å². The molecule has 0 aromatic heterocycles. The summed E-state index contributed by atoms with van der Waals surface area (Å²) in [5, 5.41) is 14.4. The average Bonchev–Trinajstić information content (AvgIpc) is 2.74. The van der Waals surface area contributed by atoms with Crippen LogP contribution in [-0.2, 0) is 4.79 Å². The Kier molecular flexibility index (Phi) is 7.19. The summed E-state index contributed by atoms with van der Waals surface area (Å²) < 4.78 is 5.33. The first-order valence-corrected chi connectivity index (χ1v) is 9.53. The van der Waals surface area contributed by atoms with E-state index >= 15 is 0 Å². The summed E-state index contributed by atoms with van der Waals surface area (Å²) in [6, 6.07) is 19.5. The number of rotatable bonds is 6. The number of benzene rings is 3. The summed E-state index contributed by atoms with van der Waals surface area (Å²) in [5.74, 6) is -1.03. The van der Waals surface area contributed by atoms with Crippen molar-refractivity contribution in [3.63, 3.8) is 0 Å². The van der Waals surface area contributed by atoms with Gasteiger partial charge in [0.2, 0.25) is 0 Å². The molecule has 0 aliphatic heterocycles. The van der Waals surface area contributed by atoms with E-state index in [2.05, 4.69) is 10.5 Å². The minimum absolute atomic E-state index is 0.183. The highest BCUT2D eigenvalue weighted by atomic mass is 35.5. The number of hydrogen-bond acceptors (Lipinski definition) is 5. The van der Waals surface area contributed by atoms with E-state index in [1.807, 2.05) is 0 Å². The molecule has 0 saturated heterocycles. The summed E-state index contributed by atoms with van der Waals surface area (Å²) in [4.78, 5) is 24.3. The van der Waals surface area contributed by atoms with Crippen molar-refractivity contribution in [2.24, 2.45) is 5.10 Å². The van der Waals surface area contributed by atoms with Crippen molar-refractivity contribution < 1.29 is 19.4 Å². The number of carbonyl (C=O) groups excluding carboxylic acids is 2. The molecule has 0 saturated carbocycles. The number of aliphatic hydroxyl groups is 1. The van der Waals surface area contributed by atoms with Gasteiger partial charge in [-0.3, -0.25) is 4.79 Å². The van der Waals surface area contributed by atoms with Crippen LogP contribution in [0.15, 0.2) is 77.9 Å². The molecule has 3 aromatic rings. The third kappa shape index (κ3) is 5.67. The molecule has 0 bridgehead atoms. The van der Waals surface area contributed by atoms with Crippen molar-refractivity contribution in [3.8, 4) is 5.75 Å². The Bertz CT molecular complexity index is 1090.